The summed E-state index contributed by atoms with van der Waals surface area (Å²) in [6.45, 7) is 8.20. The van der Waals surface area contributed by atoms with Gasteiger partial charge < -0.3 is 0 Å². The van der Waals surface area contributed by atoms with Gasteiger partial charge in [0.2, 0.25) is 0 Å². The van der Waals surface area contributed by atoms with Crippen molar-refractivity contribution < 1.29 is 0 Å². The second-order valence-electron chi connectivity index (χ2n) is 4.06. The molecule has 0 atom stereocenters. The largest absolute Gasteiger partial charge is 0.266 e. The van der Waals surface area contributed by atoms with Crippen molar-refractivity contribution in [1.82, 2.24) is 0 Å². The molecule has 0 aliphatic heterocycles. The molecule has 0 unspecified atom stereocenters. The number of allylic oxidation sites excluding steroid dienone is 5. The average Bonchev–Trinajstić information content (AvgIpc) is 2.63. The van der Waals surface area contributed by atoms with E-state index in [9.17, 15) is 0 Å². The van der Waals surface area contributed by atoms with Gasteiger partial charge >= 0.3 is 0 Å². The van der Waals surface area contributed by atoms with Gasteiger partial charge in [0.25, 0.3) is 0 Å². The Labute approximate surface area is 85.9 Å². The molecule has 1 nitrogen and oxygen atoms in total. The lowest BCUT2D eigenvalue weighted by Gasteiger charge is -2.07. The maximum atomic E-state index is 4.38. The fourth-order valence-corrected chi connectivity index (χ4v) is 2.59. The van der Waals surface area contributed by atoms with Crippen molar-refractivity contribution in [2.45, 2.75) is 39.5 Å². The van der Waals surface area contributed by atoms with Gasteiger partial charge in [-0.15, -0.1) is 0 Å². The number of nitrogens with zero attached hydrogens (tertiary/aromatic N) is 1. The first-order valence-corrected chi connectivity index (χ1v) is 5.33. The molecule has 0 saturated carbocycles. The maximum Gasteiger partial charge on any atom is 0.0446 e. The van der Waals surface area contributed by atoms with E-state index in [0.29, 0.717) is 0 Å². The van der Waals surface area contributed by atoms with Crippen LogP contribution in [0.4, 0.5) is 0 Å². The molecule has 14 heavy (non-hydrogen) atoms. The van der Waals surface area contributed by atoms with Gasteiger partial charge in [-0.25, -0.2) is 0 Å². The lowest BCUT2D eigenvalue weighted by molar-refractivity contribution is 0.867. The molecule has 0 amide bonds. The van der Waals surface area contributed by atoms with Crippen molar-refractivity contribution in [3.63, 3.8) is 0 Å². The van der Waals surface area contributed by atoms with Crippen LogP contribution in [0, 0.1) is 0 Å². The fourth-order valence-electron chi connectivity index (χ4n) is 2.59. The Hall–Kier alpha value is -1.11. The third kappa shape index (κ3) is 1.37. The zero-order valence-electron chi connectivity index (χ0n) is 9.06. The molecular weight excluding hydrogens is 170 g/mol. The first kappa shape index (κ1) is 9.45. The van der Waals surface area contributed by atoms with Gasteiger partial charge in [0.1, 0.15) is 0 Å². The molecule has 0 aromatic heterocycles. The van der Waals surface area contributed by atoms with E-state index in [-0.39, 0.29) is 0 Å². The van der Waals surface area contributed by atoms with Crippen LogP contribution in [0.1, 0.15) is 39.5 Å². The third-order valence-electron chi connectivity index (χ3n) is 3.10. The summed E-state index contributed by atoms with van der Waals surface area (Å²) in [6.07, 6.45) is 6.80. The summed E-state index contributed by atoms with van der Waals surface area (Å²) in [5, 5.41) is 0. The Bertz CT molecular complexity index is 367. The van der Waals surface area contributed by atoms with E-state index < -0.39 is 0 Å². The van der Waals surface area contributed by atoms with Crippen molar-refractivity contribution in [3.05, 3.63) is 34.6 Å². The number of rotatable bonds is 1. The molecule has 0 heterocycles. The van der Waals surface area contributed by atoms with Gasteiger partial charge in [-0.05, 0) is 50.7 Å². The smallest absolute Gasteiger partial charge is 0.0446 e. The SMILES string of the molecule is C=C1CC2=C(CCC2)/C1=C(\C)N=CC. The van der Waals surface area contributed by atoms with E-state index in [1.807, 2.05) is 13.1 Å². The Balaban J connectivity index is 2.43. The van der Waals surface area contributed by atoms with E-state index in [4.69, 9.17) is 0 Å². The highest BCUT2D eigenvalue weighted by Gasteiger charge is 2.27. The summed E-state index contributed by atoms with van der Waals surface area (Å²) in [7, 11) is 0. The molecule has 2 aliphatic carbocycles. The van der Waals surface area contributed by atoms with Gasteiger partial charge in [0.15, 0.2) is 0 Å². The first-order chi connectivity index (χ1) is 6.74. The van der Waals surface area contributed by atoms with Gasteiger partial charge in [-0.2, -0.15) is 0 Å². The van der Waals surface area contributed by atoms with Crippen molar-refractivity contribution in [2.75, 3.05) is 0 Å². The topological polar surface area (TPSA) is 12.4 Å². The Kier molecular flexibility index (Phi) is 2.40. The highest BCUT2D eigenvalue weighted by Crippen LogP contribution is 2.45. The van der Waals surface area contributed by atoms with E-state index in [2.05, 4.69) is 18.5 Å². The molecule has 0 aromatic rings. The summed E-state index contributed by atoms with van der Waals surface area (Å²) in [5.74, 6) is 0. The summed E-state index contributed by atoms with van der Waals surface area (Å²) in [4.78, 5) is 4.38. The molecule has 0 aromatic carbocycles. The quantitative estimate of drug-likeness (QED) is 0.554. The van der Waals surface area contributed by atoms with Gasteiger partial charge in [-0.3, -0.25) is 4.99 Å². The van der Waals surface area contributed by atoms with Crippen molar-refractivity contribution in [3.8, 4) is 0 Å². The number of hydrogen-bond acceptors (Lipinski definition) is 1. The minimum Gasteiger partial charge on any atom is -0.266 e. The zero-order chi connectivity index (χ0) is 10.1. The van der Waals surface area contributed by atoms with Crippen molar-refractivity contribution >= 4 is 6.21 Å². The van der Waals surface area contributed by atoms with Crippen LogP contribution in [0.15, 0.2) is 39.6 Å². The van der Waals surface area contributed by atoms with Crippen molar-refractivity contribution in [1.29, 1.82) is 0 Å². The van der Waals surface area contributed by atoms with Gasteiger partial charge in [-0.1, -0.05) is 12.2 Å². The second kappa shape index (κ2) is 3.56. The molecule has 0 radical (unpaired) electrons. The van der Waals surface area contributed by atoms with Gasteiger partial charge in [0, 0.05) is 17.5 Å². The van der Waals surface area contributed by atoms with Crippen LogP contribution in [0.2, 0.25) is 0 Å². The normalized spacial score (nSPS) is 25.1. The van der Waals surface area contributed by atoms with Gasteiger partial charge in [0.05, 0.1) is 0 Å². The first-order valence-electron chi connectivity index (χ1n) is 5.33. The summed E-state index contributed by atoms with van der Waals surface area (Å²) < 4.78 is 0. The van der Waals surface area contributed by atoms with E-state index in [1.54, 1.807) is 11.1 Å². The fraction of sp³-hybridized carbons (Fsp3) is 0.462. The monoisotopic (exact) mass is 187 g/mol. The maximum absolute atomic E-state index is 4.38. The lowest BCUT2D eigenvalue weighted by atomic mass is 10.0. The van der Waals surface area contributed by atoms with Crippen LogP contribution in [-0.2, 0) is 0 Å². The predicted molar refractivity (Wildman–Crippen MR) is 61.5 cm³/mol. The number of hydrogen-bond donors (Lipinski definition) is 0. The lowest BCUT2D eigenvalue weighted by Crippen LogP contribution is -1.89. The van der Waals surface area contributed by atoms with Crippen molar-refractivity contribution in [2.24, 2.45) is 4.99 Å². The van der Waals surface area contributed by atoms with E-state index in [0.717, 1.165) is 12.1 Å². The second-order valence-corrected chi connectivity index (χ2v) is 4.06. The van der Waals surface area contributed by atoms with Crippen LogP contribution >= 0.6 is 0 Å². The van der Waals surface area contributed by atoms with Crippen LogP contribution in [-0.4, -0.2) is 6.21 Å². The molecule has 0 saturated heterocycles. The molecule has 1 heteroatoms. The Morgan fingerprint density at radius 3 is 2.93 bits per heavy atom. The standard InChI is InChI=1S/C13H17N/c1-4-14-10(3)13-9(2)8-11-6-5-7-12(11)13/h4H,2,5-8H2,1,3H3/b13-10+,14-4?. The third-order valence-corrected chi connectivity index (χ3v) is 3.10. The summed E-state index contributed by atoms with van der Waals surface area (Å²) >= 11 is 0. The van der Waals surface area contributed by atoms with Crippen LogP contribution in [0.25, 0.3) is 0 Å². The highest BCUT2D eigenvalue weighted by atomic mass is 14.7. The van der Waals surface area contributed by atoms with E-state index >= 15 is 0 Å². The number of aliphatic imine (C=N–C) groups is 1. The molecular formula is C13H17N. The minimum absolute atomic E-state index is 1.10. The molecule has 0 N–H and O–H groups in total. The Morgan fingerprint density at radius 1 is 1.43 bits per heavy atom. The highest BCUT2D eigenvalue weighted by molar-refractivity contribution is 5.62. The van der Waals surface area contributed by atoms with E-state index in [1.165, 1.54) is 30.4 Å². The van der Waals surface area contributed by atoms with Crippen LogP contribution in [0.5, 0.6) is 0 Å². The molecule has 74 valence electrons. The average molecular weight is 187 g/mol. The summed E-state index contributed by atoms with van der Waals surface area (Å²) in [5.41, 5.74) is 6.95. The Morgan fingerprint density at radius 2 is 2.21 bits per heavy atom. The zero-order valence-corrected chi connectivity index (χ0v) is 9.06. The summed E-state index contributed by atoms with van der Waals surface area (Å²) in [6, 6.07) is 0. The van der Waals surface area contributed by atoms with Crippen LogP contribution < -0.4 is 0 Å². The molecule has 0 fully saturated rings. The molecule has 0 bridgehead atoms. The predicted octanol–water partition coefficient (Wildman–Crippen LogP) is 3.79. The molecule has 2 rings (SSSR count). The molecule has 0 spiro atoms. The minimum atomic E-state index is 1.10. The molecule has 2 aliphatic rings. The van der Waals surface area contributed by atoms with Crippen LogP contribution in [0.3, 0.4) is 0 Å².